The fourth-order valence-corrected chi connectivity index (χ4v) is 1.84. The molecule has 1 N–H and O–H groups in total. The Morgan fingerprint density at radius 2 is 2.05 bits per heavy atom. The van der Waals surface area contributed by atoms with Crippen LogP contribution in [0.3, 0.4) is 0 Å². The number of halogens is 1. The molecule has 1 amide bonds. The minimum atomic E-state index is -0.365. The van der Waals surface area contributed by atoms with Gasteiger partial charge in [0.25, 0.3) is 0 Å². The van der Waals surface area contributed by atoms with Crippen molar-refractivity contribution in [3.05, 3.63) is 53.6 Å². The van der Waals surface area contributed by atoms with E-state index in [-0.39, 0.29) is 17.8 Å². The van der Waals surface area contributed by atoms with Gasteiger partial charge >= 0.3 is 0 Å². The third-order valence-electron chi connectivity index (χ3n) is 2.99. The topological polar surface area (TPSA) is 46.9 Å². The van der Waals surface area contributed by atoms with Gasteiger partial charge in [-0.2, -0.15) is 5.10 Å². The van der Waals surface area contributed by atoms with Crippen LogP contribution in [0.4, 0.5) is 4.39 Å². The molecule has 1 aromatic carbocycles. The predicted molar refractivity (Wildman–Crippen MR) is 69.9 cm³/mol. The van der Waals surface area contributed by atoms with Crippen molar-refractivity contribution in [2.24, 2.45) is 0 Å². The second-order valence-electron chi connectivity index (χ2n) is 4.44. The van der Waals surface area contributed by atoms with Crippen molar-refractivity contribution in [1.82, 2.24) is 15.1 Å². The van der Waals surface area contributed by atoms with Crippen LogP contribution in [0.15, 0.2) is 36.5 Å². The monoisotopic (exact) mass is 261 g/mol. The van der Waals surface area contributed by atoms with E-state index in [1.807, 2.05) is 13.0 Å². The molecule has 0 aliphatic heterocycles. The number of nitrogens with zero attached hydrogens (tertiary/aromatic N) is 2. The van der Waals surface area contributed by atoms with Gasteiger partial charge in [-0.3, -0.25) is 9.48 Å². The average molecular weight is 261 g/mol. The third kappa shape index (κ3) is 3.19. The minimum absolute atomic E-state index is 0.115. The van der Waals surface area contributed by atoms with Crippen molar-refractivity contribution in [2.75, 3.05) is 0 Å². The van der Waals surface area contributed by atoms with Crippen LogP contribution in [0, 0.1) is 12.7 Å². The van der Waals surface area contributed by atoms with E-state index >= 15 is 0 Å². The van der Waals surface area contributed by atoms with Gasteiger partial charge in [0.2, 0.25) is 5.91 Å². The van der Waals surface area contributed by atoms with Crippen molar-refractivity contribution in [3.63, 3.8) is 0 Å². The van der Waals surface area contributed by atoms with Crippen LogP contribution in [0.1, 0.15) is 24.2 Å². The zero-order valence-corrected chi connectivity index (χ0v) is 10.9. The van der Waals surface area contributed by atoms with Gasteiger partial charge in [-0.1, -0.05) is 12.1 Å². The van der Waals surface area contributed by atoms with Crippen LogP contribution >= 0.6 is 0 Å². The van der Waals surface area contributed by atoms with E-state index in [2.05, 4.69) is 10.4 Å². The lowest BCUT2D eigenvalue weighted by atomic mass is 10.2. The van der Waals surface area contributed by atoms with E-state index in [0.717, 1.165) is 11.3 Å². The molecule has 1 unspecified atom stereocenters. The predicted octanol–water partition coefficient (Wildman–Crippen LogP) is 2.21. The molecule has 0 aliphatic rings. The molecule has 2 aromatic rings. The first-order valence-electron chi connectivity index (χ1n) is 6.10. The summed E-state index contributed by atoms with van der Waals surface area (Å²) < 4.78 is 14.4. The Morgan fingerprint density at radius 1 is 1.37 bits per heavy atom. The molecule has 1 aromatic heterocycles. The molecule has 2 rings (SSSR count). The maximum Gasteiger partial charge on any atom is 0.244 e. The molecule has 4 nitrogen and oxygen atoms in total. The van der Waals surface area contributed by atoms with Gasteiger partial charge in [-0.15, -0.1) is 0 Å². The Hall–Kier alpha value is -2.17. The van der Waals surface area contributed by atoms with E-state index in [1.54, 1.807) is 29.9 Å². The summed E-state index contributed by atoms with van der Waals surface area (Å²) in [6, 6.07) is 7.55. The zero-order chi connectivity index (χ0) is 13.8. The van der Waals surface area contributed by atoms with E-state index in [0.29, 0.717) is 6.54 Å². The summed E-state index contributed by atoms with van der Waals surface area (Å²) in [4.78, 5) is 12.0. The maximum absolute atomic E-state index is 12.7. The quantitative estimate of drug-likeness (QED) is 0.917. The van der Waals surface area contributed by atoms with E-state index < -0.39 is 0 Å². The van der Waals surface area contributed by atoms with Crippen molar-refractivity contribution in [1.29, 1.82) is 0 Å². The summed E-state index contributed by atoms with van der Waals surface area (Å²) in [6.45, 7) is 4.07. The summed E-state index contributed by atoms with van der Waals surface area (Å²) >= 11 is 0. The number of aromatic nitrogens is 2. The molecule has 0 fully saturated rings. The average Bonchev–Trinajstić information content (AvgIpc) is 2.83. The van der Waals surface area contributed by atoms with Gasteiger partial charge in [0, 0.05) is 18.4 Å². The SMILES string of the molecule is Cc1ccnn1C(C)C(=O)NCc1ccc(F)cc1. The fraction of sp³-hybridized carbons (Fsp3) is 0.286. The number of amides is 1. The van der Waals surface area contributed by atoms with Crippen molar-refractivity contribution < 1.29 is 9.18 Å². The van der Waals surface area contributed by atoms with Gasteiger partial charge in [-0.25, -0.2) is 4.39 Å². The van der Waals surface area contributed by atoms with Gasteiger partial charge in [0.15, 0.2) is 0 Å². The molecule has 0 aliphatic carbocycles. The molecule has 1 atom stereocenters. The number of benzene rings is 1. The Labute approximate surface area is 111 Å². The molecule has 0 spiro atoms. The Balaban J connectivity index is 1.94. The van der Waals surface area contributed by atoms with E-state index in [4.69, 9.17) is 0 Å². The highest BCUT2D eigenvalue weighted by atomic mass is 19.1. The lowest BCUT2D eigenvalue weighted by Gasteiger charge is -2.14. The highest BCUT2D eigenvalue weighted by Gasteiger charge is 2.16. The molecule has 0 saturated heterocycles. The first kappa shape index (κ1) is 13.3. The van der Waals surface area contributed by atoms with E-state index in [1.165, 1.54) is 12.1 Å². The Kier molecular flexibility index (Phi) is 3.94. The molecule has 0 bridgehead atoms. The molecule has 1 heterocycles. The lowest BCUT2D eigenvalue weighted by Crippen LogP contribution is -2.31. The first-order valence-corrected chi connectivity index (χ1v) is 6.10. The number of nitrogens with one attached hydrogen (secondary N) is 1. The number of carbonyl (C=O) groups is 1. The van der Waals surface area contributed by atoms with Gasteiger partial charge in [0.05, 0.1) is 0 Å². The highest BCUT2D eigenvalue weighted by Crippen LogP contribution is 2.09. The number of aryl methyl sites for hydroxylation is 1. The van der Waals surface area contributed by atoms with Crippen molar-refractivity contribution in [2.45, 2.75) is 26.4 Å². The zero-order valence-electron chi connectivity index (χ0n) is 10.9. The summed E-state index contributed by atoms with van der Waals surface area (Å²) in [6.07, 6.45) is 1.67. The van der Waals surface area contributed by atoms with Crippen LogP contribution in [-0.4, -0.2) is 15.7 Å². The number of rotatable bonds is 4. The molecule has 5 heteroatoms. The highest BCUT2D eigenvalue weighted by molar-refractivity contribution is 5.79. The standard InChI is InChI=1S/C14H16FN3O/c1-10-7-8-17-18(10)11(2)14(19)16-9-12-3-5-13(15)6-4-12/h3-8,11H,9H2,1-2H3,(H,16,19). The minimum Gasteiger partial charge on any atom is -0.350 e. The summed E-state index contributed by atoms with van der Waals surface area (Å²) in [5.41, 5.74) is 1.79. The largest absolute Gasteiger partial charge is 0.350 e. The van der Waals surface area contributed by atoms with Crippen LogP contribution in [-0.2, 0) is 11.3 Å². The molecule has 0 saturated carbocycles. The molecular weight excluding hydrogens is 245 g/mol. The molecule has 100 valence electrons. The van der Waals surface area contributed by atoms with Crippen molar-refractivity contribution in [3.8, 4) is 0 Å². The normalized spacial score (nSPS) is 12.2. The van der Waals surface area contributed by atoms with Gasteiger partial charge < -0.3 is 5.32 Å². The lowest BCUT2D eigenvalue weighted by molar-refractivity contribution is -0.124. The summed E-state index contributed by atoms with van der Waals surface area (Å²) in [5, 5.41) is 6.92. The fourth-order valence-electron chi connectivity index (χ4n) is 1.84. The van der Waals surface area contributed by atoms with Crippen LogP contribution in [0.5, 0.6) is 0 Å². The second-order valence-corrected chi connectivity index (χ2v) is 4.44. The van der Waals surface area contributed by atoms with E-state index in [9.17, 15) is 9.18 Å². The van der Waals surface area contributed by atoms with Gasteiger partial charge in [-0.05, 0) is 37.6 Å². The Bertz CT molecular complexity index is 562. The summed E-state index contributed by atoms with van der Waals surface area (Å²) in [7, 11) is 0. The Morgan fingerprint density at radius 3 is 2.63 bits per heavy atom. The molecule has 19 heavy (non-hydrogen) atoms. The molecule has 0 radical (unpaired) electrons. The third-order valence-corrected chi connectivity index (χ3v) is 2.99. The number of hydrogen-bond donors (Lipinski definition) is 1. The molecular formula is C14H16FN3O. The van der Waals surface area contributed by atoms with Gasteiger partial charge in [0.1, 0.15) is 11.9 Å². The smallest absolute Gasteiger partial charge is 0.244 e. The summed E-state index contributed by atoms with van der Waals surface area (Å²) in [5.74, 6) is -0.397. The second kappa shape index (κ2) is 5.65. The first-order chi connectivity index (χ1) is 9.08. The van der Waals surface area contributed by atoms with Crippen LogP contribution < -0.4 is 5.32 Å². The van der Waals surface area contributed by atoms with Crippen LogP contribution in [0.25, 0.3) is 0 Å². The van der Waals surface area contributed by atoms with Crippen molar-refractivity contribution >= 4 is 5.91 Å². The number of carbonyl (C=O) groups excluding carboxylic acids is 1. The maximum atomic E-state index is 12.7. The van der Waals surface area contributed by atoms with Crippen LogP contribution in [0.2, 0.25) is 0 Å². The number of hydrogen-bond acceptors (Lipinski definition) is 2.